The third-order valence-corrected chi connectivity index (χ3v) is 0.767. The van der Waals surface area contributed by atoms with Crippen LogP contribution in [0.5, 0.6) is 0 Å². The summed E-state index contributed by atoms with van der Waals surface area (Å²) in [6.07, 6.45) is -0.478. The molecule has 52 valence electrons. The highest BCUT2D eigenvalue weighted by molar-refractivity contribution is 5.83. The maximum Gasteiger partial charge on any atom is 0.303 e. The van der Waals surface area contributed by atoms with E-state index in [0.29, 0.717) is 0 Å². The SMILES string of the molecule is O=C(O)CCC(=O)CF. The molecule has 0 heterocycles. The third-order valence-electron chi connectivity index (χ3n) is 0.767. The number of alkyl halides is 1. The molecule has 0 spiro atoms. The summed E-state index contributed by atoms with van der Waals surface area (Å²) in [7, 11) is 0. The van der Waals surface area contributed by atoms with Gasteiger partial charge in [-0.3, -0.25) is 9.59 Å². The van der Waals surface area contributed by atoms with Crippen LogP contribution in [0.3, 0.4) is 0 Å². The fraction of sp³-hybridized carbons (Fsp3) is 0.600. The summed E-state index contributed by atoms with van der Waals surface area (Å²) in [5.74, 6) is -1.73. The Morgan fingerprint density at radius 3 is 2.22 bits per heavy atom. The first-order chi connectivity index (χ1) is 4.16. The molecule has 0 aromatic rings. The van der Waals surface area contributed by atoms with Gasteiger partial charge in [0.05, 0.1) is 6.42 Å². The lowest BCUT2D eigenvalue weighted by atomic mass is 10.2. The van der Waals surface area contributed by atoms with Crippen molar-refractivity contribution < 1.29 is 19.1 Å². The zero-order valence-electron chi connectivity index (χ0n) is 4.76. The fourth-order valence-corrected chi connectivity index (χ4v) is 0.313. The molecule has 0 unspecified atom stereocenters. The molecular weight excluding hydrogens is 127 g/mol. The van der Waals surface area contributed by atoms with E-state index in [4.69, 9.17) is 5.11 Å². The van der Waals surface area contributed by atoms with Gasteiger partial charge < -0.3 is 5.11 Å². The van der Waals surface area contributed by atoms with Crippen LogP contribution < -0.4 is 0 Å². The highest BCUT2D eigenvalue weighted by atomic mass is 19.1. The molecule has 0 saturated heterocycles. The average molecular weight is 134 g/mol. The van der Waals surface area contributed by atoms with Crippen LogP contribution in [-0.2, 0) is 9.59 Å². The average Bonchev–Trinajstić information content (AvgIpc) is 1.83. The molecule has 0 radical (unpaired) electrons. The van der Waals surface area contributed by atoms with Crippen LogP contribution >= 0.6 is 0 Å². The van der Waals surface area contributed by atoms with Gasteiger partial charge in [-0.1, -0.05) is 0 Å². The van der Waals surface area contributed by atoms with Crippen LogP contribution in [0.15, 0.2) is 0 Å². The van der Waals surface area contributed by atoms with E-state index in [1.807, 2.05) is 0 Å². The minimum atomic E-state index is -1.07. The Bertz CT molecular complexity index is 121. The Hall–Kier alpha value is -0.930. The summed E-state index contributed by atoms with van der Waals surface area (Å²) >= 11 is 0. The van der Waals surface area contributed by atoms with Crippen molar-refractivity contribution in [2.75, 3.05) is 6.67 Å². The molecule has 9 heavy (non-hydrogen) atoms. The molecular formula is C5H7FO3. The van der Waals surface area contributed by atoms with Crippen LogP contribution in [0.25, 0.3) is 0 Å². The number of carboxylic acids is 1. The fourth-order valence-electron chi connectivity index (χ4n) is 0.313. The Morgan fingerprint density at radius 2 is 1.89 bits per heavy atom. The van der Waals surface area contributed by atoms with Crippen molar-refractivity contribution in [3.63, 3.8) is 0 Å². The minimum Gasteiger partial charge on any atom is -0.481 e. The molecule has 4 heteroatoms. The second-order valence-electron chi connectivity index (χ2n) is 1.57. The Labute approximate surface area is 51.5 Å². The van der Waals surface area contributed by atoms with Crippen LogP contribution in [-0.4, -0.2) is 23.5 Å². The van der Waals surface area contributed by atoms with Crippen molar-refractivity contribution >= 4 is 11.8 Å². The Kier molecular flexibility index (Phi) is 3.59. The lowest BCUT2D eigenvalue weighted by Gasteiger charge is -1.88. The maximum absolute atomic E-state index is 11.3. The van der Waals surface area contributed by atoms with E-state index in [1.54, 1.807) is 0 Å². The van der Waals surface area contributed by atoms with Gasteiger partial charge in [0.25, 0.3) is 0 Å². The van der Waals surface area contributed by atoms with E-state index in [9.17, 15) is 14.0 Å². The minimum absolute atomic E-state index is 0.203. The van der Waals surface area contributed by atoms with Crippen LogP contribution in [0.4, 0.5) is 4.39 Å². The zero-order chi connectivity index (χ0) is 7.28. The number of Topliss-reactive ketones (excluding diaryl/α,β-unsaturated/α-hetero) is 1. The van der Waals surface area contributed by atoms with E-state index in [2.05, 4.69) is 0 Å². The van der Waals surface area contributed by atoms with Gasteiger partial charge >= 0.3 is 5.97 Å². The number of hydrogen-bond acceptors (Lipinski definition) is 2. The van der Waals surface area contributed by atoms with Gasteiger partial charge in [0, 0.05) is 6.42 Å². The molecule has 0 aromatic carbocycles. The van der Waals surface area contributed by atoms with Crippen LogP contribution in [0.1, 0.15) is 12.8 Å². The lowest BCUT2D eigenvalue weighted by Crippen LogP contribution is -2.03. The van der Waals surface area contributed by atoms with E-state index in [0.717, 1.165) is 0 Å². The van der Waals surface area contributed by atoms with Gasteiger partial charge in [-0.25, -0.2) is 4.39 Å². The summed E-state index contributed by atoms with van der Waals surface area (Å²) in [6.45, 7) is -1.06. The number of carbonyl (C=O) groups is 2. The Balaban J connectivity index is 3.28. The Morgan fingerprint density at radius 1 is 1.33 bits per heavy atom. The third kappa shape index (κ3) is 4.93. The first kappa shape index (κ1) is 8.07. The molecule has 0 aliphatic heterocycles. The molecule has 1 N–H and O–H groups in total. The molecule has 0 aliphatic carbocycles. The monoisotopic (exact) mass is 134 g/mol. The smallest absolute Gasteiger partial charge is 0.303 e. The number of carboxylic acid groups (broad SMARTS) is 1. The van der Waals surface area contributed by atoms with Gasteiger partial charge in [0.15, 0.2) is 5.78 Å². The highest BCUT2D eigenvalue weighted by Crippen LogP contribution is 1.90. The summed E-state index contributed by atoms with van der Waals surface area (Å²) in [6, 6.07) is 0. The predicted octanol–water partition coefficient (Wildman–Crippen LogP) is 0.390. The molecule has 0 aliphatic rings. The molecule has 0 amide bonds. The van der Waals surface area contributed by atoms with Gasteiger partial charge in [0.2, 0.25) is 0 Å². The quantitative estimate of drug-likeness (QED) is 0.605. The topological polar surface area (TPSA) is 54.4 Å². The number of hydrogen-bond donors (Lipinski definition) is 1. The van der Waals surface area contributed by atoms with Crippen molar-refractivity contribution in [2.24, 2.45) is 0 Å². The van der Waals surface area contributed by atoms with Crippen molar-refractivity contribution in [1.82, 2.24) is 0 Å². The highest BCUT2D eigenvalue weighted by Gasteiger charge is 2.03. The van der Waals surface area contributed by atoms with Crippen LogP contribution in [0.2, 0.25) is 0 Å². The molecule has 0 bridgehead atoms. The van der Waals surface area contributed by atoms with E-state index in [-0.39, 0.29) is 12.8 Å². The largest absolute Gasteiger partial charge is 0.481 e. The van der Waals surface area contributed by atoms with E-state index >= 15 is 0 Å². The molecule has 0 rings (SSSR count). The lowest BCUT2D eigenvalue weighted by molar-refractivity contribution is -0.138. The normalized spacial score (nSPS) is 9.00. The van der Waals surface area contributed by atoms with Crippen molar-refractivity contribution in [1.29, 1.82) is 0 Å². The summed E-state index contributed by atoms with van der Waals surface area (Å²) in [5, 5.41) is 7.98. The number of carbonyl (C=O) groups excluding carboxylic acids is 1. The first-order valence-corrected chi connectivity index (χ1v) is 2.46. The first-order valence-electron chi connectivity index (χ1n) is 2.46. The predicted molar refractivity (Wildman–Crippen MR) is 27.9 cm³/mol. The molecule has 3 nitrogen and oxygen atoms in total. The summed E-state index contributed by atoms with van der Waals surface area (Å²) < 4.78 is 11.3. The van der Waals surface area contributed by atoms with Crippen molar-refractivity contribution in [2.45, 2.75) is 12.8 Å². The number of rotatable bonds is 4. The standard InChI is InChI=1S/C5H7FO3/c6-3-4(7)1-2-5(8)9/h1-3H2,(H,8,9). The maximum atomic E-state index is 11.3. The van der Waals surface area contributed by atoms with Gasteiger partial charge in [-0.15, -0.1) is 0 Å². The van der Waals surface area contributed by atoms with Gasteiger partial charge in [-0.05, 0) is 0 Å². The number of aliphatic carboxylic acids is 1. The zero-order valence-corrected chi connectivity index (χ0v) is 4.76. The van der Waals surface area contributed by atoms with Gasteiger partial charge in [0.1, 0.15) is 6.67 Å². The summed E-state index contributed by atoms with van der Waals surface area (Å²) in [4.78, 5) is 19.8. The molecule has 0 atom stereocenters. The number of halogens is 1. The second-order valence-corrected chi connectivity index (χ2v) is 1.57. The second kappa shape index (κ2) is 4.00. The van der Waals surface area contributed by atoms with E-state index in [1.165, 1.54) is 0 Å². The molecule has 0 aromatic heterocycles. The molecule has 0 saturated carbocycles. The number of ketones is 1. The summed E-state index contributed by atoms with van der Waals surface area (Å²) in [5.41, 5.74) is 0. The van der Waals surface area contributed by atoms with Gasteiger partial charge in [-0.2, -0.15) is 0 Å². The molecule has 0 fully saturated rings. The van der Waals surface area contributed by atoms with Crippen molar-refractivity contribution in [3.8, 4) is 0 Å². The van der Waals surface area contributed by atoms with Crippen molar-refractivity contribution in [3.05, 3.63) is 0 Å². The van der Waals surface area contributed by atoms with Crippen LogP contribution in [0, 0.1) is 0 Å². The van der Waals surface area contributed by atoms with E-state index < -0.39 is 18.4 Å².